The Morgan fingerprint density at radius 2 is 2.15 bits per heavy atom. The maximum absolute atomic E-state index is 11.7. The van der Waals surface area contributed by atoms with Gasteiger partial charge < -0.3 is 14.9 Å². The molecule has 2 aromatic rings. The largest absolute Gasteiger partial charge is 0.475 e. The molecule has 1 heterocycles. The van der Waals surface area contributed by atoms with Gasteiger partial charge in [0.1, 0.15) is 0 Å². The van der Waals surface area contributed by atoms with Crippen molar-refractivity contribution in [2.75, 3.05) is 6.54 Å². The molecule has 0 aliphatic heterocycles. The summed E-state index contributed by atoms with van der Waals surface area (Å²) in [6, 6.07) is 9.10. The molecule has 6 nitrogen and oxygen atoms in total. The van der Waals surface area contributed by atoms with Crippen molar-refractivity contribution in [3.8, 4) is 0 Å². The number of aromatic carboxylic acids is 1. The van der Waals surface area contributed by atoms with Gasteiger partial charge in [0.15, 0.2) is 5.69 Å². The monoisotopic (exact) mass is 274 g/mol. The third-order valence-corrected chi connectivity index (χ3v) is 2.74. The van der Waals surface area contributed by atoms with E-state index >= 15 is 0 Å². The molecule has 1 aromatic heterocycles. The fraction of sp³-hybridized carbons (Fsp3) is 0.214. The zero-order valence-electron chi connectivity index (χ0n) is 10.9. The van der Waals surface area contributed by atoms with Crippen LogP contribution < -0.4 is 5.32 Å². The number of carboxylic acid groups (broad SMARTS) is 1. The number of aryl methyl sites for hydroxylation is 1. The van der Waals surface area contributed by atoms with Gasteiger partial charge in [-0.3, -0.25) is 4.79 Å². The molecule has 0 aliphatic carbocycles. The summed E-state index contributed by atoms with van der Waals surface area (Å²) in [7, 11) is 0. The summed E-state index contributed by atoms with van der Waals surface area (Å²) in [6.07, 6.45) is 0.692. The summed E-state index contributed by atoms with van der Waals surface area (Å²) in [5.74, 6) is -2.06. The van der Waals surface area contributed by atoms with Gasteiger partial charge in [0.25, 0.3) is 5.91 Å². The van der Waals surface area contributed by atoms with E-state index in [4.69, 9.17) is 5.11 Å². The molecular formula is C14H14N2O4. The van der Waals surface area contributed by atoms with Gasteiger partial charge in [-0.2, -0.15) is 0 Å². The van der Waals surface area contributed by atoms with Crippen molar-refractivity contribution in [1.29, 1.82) is 0 Å². The average Bonchev–Trinajstić information content (AvgIpc) is 2.88. The third kappa shape index (κ3) is 3.44. The molecule has 0 unspecified atom stereocenters. The lowest BCUT2D eigenvalue weighted by Crippen LogP contribution is -2.25. The van der Waals surface area contributed by atoms with Gasteiger partial charge in [-0.05, 0) is 18.9 Å². The Morgan fingerprint density at radius 1 is 1.35 bits per heavy atom. The maximum atomic E-state index is 11.7. The maximum Gasteiger partial charge on any atom is 0.374 e. The molecule has 0 saturated carbocycles. The molecule has 104 valence electrons. The SMILES string of the molecule is Cc1cccc(CCNC(=O)c2cc(C(=O)O)on2)c1. The summed E-state index contributed by atoms with van der Waals surface area (Å²) in [5, 5.41) is 14.7. The predicted octanol–water partition coefficient (Wildman–Crippen LogP) is 1.65. The molecule has 1 amide bonds. The number of hydrogen-bond donors (Lipinski definition) is 2. The van der Waals surface area contributed by atoms with E-state index in [0.29, 0.717) is 13.0 Å². The highest BCUT2D eigenvalue weighted by Crippen LogP contribution is 2.05. The van der Waals surface area contributed by atoms with Crippen molar-refractivity contribution in [3.05, 3.63) is 52.9 Å². The molecule has 0 bridgehead atoms. The number of nitrogens with zero attached hydrogens (tertiary/aromatic N) is 1. The first kappa shape index (κ1) is 13.8. The highest BCUT2D eigenvalue weighted by Gasteiger charge is 2.15. The van der Waals surface area contributed by atoms with Crippen LogP contribution in [0.15, 0.2) is 34.9 Å². The van der Waals surface area contributed by atoms with Gasteiger partial charge >= 0.3 is 5.97 Å². The smallest absolute Gasteiger partial charge is 0.374 e. The molecule has 0 spiro atoms. The van der Waals surface area contributed by atoms with Crippen molar-refractivity contribution in [1.82, 2.24) is 10.5 Å². The summed E-state index contributed by atoms with van der Waals surface area (Å²) in [4.78, 5) is 22.3. The Kier molecular flexibility index (Phi) is 4.14. The first-order chi connectivity index (χ1) is 9.56. The Morgan fingerprint density at radius 3 is 2.80 bits per heavy atom. The van der Waals surface area contributed by atoms with E-state index in [0.717, 1.165) is 17.2 Å². The zero-order chi connectivity index (χ0) is 14.5. The van der Waals surface area contributed by atoms with Crippen molar-refractivity contribution in [3.63, 3.8) is 0 Å². The predicted molar refractivity (Wildman–Crippen MR) is 70.7 cm³/mol. The van der Waals surface area contributed by atoms with E-state index in [-0.39, 0.29) is 11.5 Å². The molecule has 2 N–H and O–H groups in total. The summed E-state index contributed by atoms with van der Waals surface area (Å²) in [5.41, 5.74) is 2.25. The first-order valence-corrected chi connectivity index (χ1v) is 6.10. The number of amides is 1. The fourth-order valence-corrected chi connectivity index (χ4v) is 1.76. The molecule has 0 fully saturated rings. The highest BCUT2D eigenvalue weighted by atomic mass is 16.5. The van der Waals surface area contributed by atoms with Gasteiger partial charge in [0.05, 0.1) is 0 Å². The molecule has 20 heavy (non-hydrogen) atoms. The Balaban J connectivity index is 1.87. The lowest BCUT2D eigenvalue weighted by molar-refractivity contribution is 0.0651. The van der Waals surface area contributed by atoms with Crippen molar-refractivity contribution >= 4 is 11.9 Å². The van der Waals surface area contributed by atoms with E-state index in [1.165, 1.54) is 0 Å². The number of carbonyl (C=O) groups excluding carboxylic acids is 1. The second-order valence-corrected chi connectivity index (χ2v) is 4.38. The van der Waals surface area contributed by atoms with Crippen LogP contribution in [-0.4, -0.2) is 28.7 Å². The number of carboxylic acids is 1. The van der Waals surface area contributed by atoms with Crippen LogP contribution >= 0.6 is 0 Å². The molecule has 0 radical (unpaired) electrons. The van der Waals surface area contributed by atoms with Crippen LogP contribution in [0, 0.1) is 6.92 Å². The molecule has 2 rings (SSSR count). The minimum absolute atomic E-state index is 0.0355. The number of rotatable bonds is 5. The number of aromatic nitrogens is 1. The van der Waals surface area contributed by atoms with Crippen LogP contribution in [0.1, 0.15) is 32.2 Å². The van der Waals surface area contributed by atoms with Crippen molar-refractivity contribution < 1.29 is 19.2 Å². The Hall–Kier alpha value is -2.63. The topological polar surface area (TPSA) is 92.4 Å². The summed E-state index contributed by atoms with van der Waals surface area (Å²) in [6.45, 7) is 2.45. The van der Waals surface area contributed by atoms with Crippen LogP contribution in [0.3, 0.4) is 0 Å². The lowest BCUT2D eigenvalue weighted by Gasteiger charge is -2.04. The van der Waals surface area contributed by atoms with E-state index in [9.17, 15) is 9.59 Å². The molecule has 1 aromatic carbocycles. The quantitative estimate of drug-likeness (QED) is 0.864. The molecular weight excluding hydrogens is 260 g/mol. The second-order valence-electron chi connectivity index (χ2n) is 4.38. The summed E-state index contributed by atoms with van der Waals surface area (Å²) >= 11 is 0. The summed E-state index contributed by atoms with van der Waals surface area (Å²) < 4.78 is 4.52. The third-order valence-electron chi connectivity index (χ3n) is 2.74. The number of benzene rings is 1. The normalized spacial score (nSPS) is 10.2. The second kappa shape index (κ2) is 6.01. The van der Waals surface area contributed by atoms with E-state index in [1.807, 2.05) is 31.2 Å². The average molecular weight is 274 g/mol. The van der Waals surface area contributed by atoms with Crippen LogP contribution in [-0.2, 0) is 6.42 Å². The van der Waals surface area contributed by atoms with Gasteiger partial charge in [0.2, 0.25) is 5.76 Å². The number of hydrogen-bond acceptors (Lipinski definition) is 4. The number of carbonyl (C=O) groups is 2. The zero-order valence-corrected chi connectivity index (χ0v) is 10.9. The minimum Gasteiger partial charge on any atom is -0.475 e. The molecule has 0 atom stereocenters. The minimum atomic E-state index is -1.25. The Labute approximate surface area is 115 Å². The Bertz CT molecular complexity index is 634. The van der Waals surface area contributed by atoms with E-state index < -0.39 is 11.9 Å². The van der Waals surface area contributed by atoms with E-state index in [1.54, 1.807) is 0 Å². The standard InChI is InChI=1S/C14H14N2O4/c1-9-3-2-4-10(7-9)5-6-15-13(17)11-8-12(14(18)19)20-16-11/h2-4,7-8H,5-6H2,1H3,(H,15,17)(H,18,19). The van der Waals surface area contributed by atoms with Crippen molar-refractivity contribution in [2.24, 2.45) is 0 Å². The fourth-order valence-electron chi connectivity index (χ4n) is 1.76. The molecule has 0 aliphatic rings. The number of nitrogens with one attached hydrogen (secondary N) is 1. The van der Waals surface area contributed by atoms with Crippen molar-refractivity contribution in [2.45, 2.75) is 13.3 Å². The highest BCUT2D eigenvalue weighted by molar-refractivity contribution is 5.94. The van der Waals surface area contributed by atoms with Crippen LogP contribution in [0.25, 0.3) is 0 Å². The van der Waals surface area contributed by atoms with Crippen LogP contribution in [0.5, 0.6) is 0 Å². The van der Waals surface area contributed by atoms with Gasteiger partial charge in [-0.1, -0.05) is 35.0 Å². The molecule has 6 heteroatoms. The van der Waals surface area contributed by atoms with Crippen LogP contribution in [0.2, 0.25) is 0 Å². The molecule has 0 saturated heterocycles. The van der Waals surface area contributed by atoms with Crippen LogP contribution in [0.4, 0.5) is 0 Å². The van der Waals surface area contributed by atoms with Gasteiger partial charge in [-0.25, -0.2) is 4.79 Å². The van der Waals surface area contributed by atoms with E-state index in [2.05, 4.69) is 15.0 Å². The first-order valence-electron chi connectivity index (χ1n) is 6.10. The van der Waals surface area contributed by atoms with Gasteiger partial charge in [-0.15, -0.1) is 0 Å². The van der Waals surface area contributed by atoms with Gasteiger partial charge in [0, 0.05) is 12.6 Å². The lowest BCUT2D eigenvalue weighted by atomic mass is 10.1.